The highest BCUT2D eigenvalue weighted by Gasteiger charge is 2.01. The van der Waals surface area contributed by atoms with E-state index in [0.29, 0.717) is 0 Å². The van der Waals surface area contributed by atoms with Crippen LogP contribution in [0.4, 0.5) is 0 Å². The molecule has 1 heteroatoms. The smallest absolute Gasteiger partial charge is 0.119 e. The fourth-order valence-electron chi connectivity index (χ4n) is 3.97. The van der Waals surface area contributed by atoms with Gasteiger partial charge in [-0.2, -0.15) is 0 Å². The van der Waals surface area contributed by atoms with E-state index in [1.165, 1.54) is 100 Å². The highest BCUT2D eigenvalue weighted by molar-refractivity contribution is 5.64. The molecule has 0 atom stereocenters. The van der Waals surface area contributed by atoms with Crippen LogP contribution in [0.2, 0.25) is 0 Å². The first kappa shape index (κ1) is 24.5. The number of hydrogen-bond donors (Lipinski definition) is 0. The molecule has 0 spiro atoms. The minimum Gasteiger partial charge on any atom is -0.494 e. The molecule has 30 heavy (non-hydrogen) atoms. The largest absolute Gasteiger partial charge is 0.494 e. The minimum absolute atomic E-state index is 0.836. The van der Waals surface area contributed by atoms with E-state index in [-0.39, 0.29) is 0 Å². The van der Waals surface area contributed by atoms with Crippen molar-refractivity contribution in [2.45, 2.75) is 104 Å². The zero-order valence-corrected chi connectivity index (χ0v) is 19.6. The molecule has 0 fully saturated rings. The number of hydrogen-bond acceptors (Lipinski definition) is 1. The highest BCUT2D eigenvalue weighted by atomic mass is 16.5. The normalized spacial score (nSPS) is 11.0. The molecule has 166 valence electrons. The van der Waals surface area contributed by atoms with Crippen LogP contribution in [0.3, 0.4) is 0 Å². The van der Waals surface area contributed by atoms with Gasteiger partial charge in [0.1, 0.15) is 5.75 Å². The van der Waals surface area contributed by atoms with E-state index in [1.54, 1.807) is 0 Å². The number of ether oxygens (including phenoxy) is 1. The summed E-state index contributed by atoms with van der Waals surface area (Å²) in [5.41, 5.74) is 4.00. The Bertz CT molecular complexity index is 641. The van der Waals surface area contributed by atoms with E-state index >= 15 is 0 Å². The van der Waals surface area contributed by atoms with Crippen molar-refractivity contribution in [3.8, 4) is 16.9 Å². The molecule has 0 amide bonds. The standard InChI is InChI=1S/C29H44O/c1-3-5-7-8-9-10-11-12-13-15-25-30-29-23-21-28(22-24-29)27-19-17-26(18-20-27)16-14-6-4-2/h17-24H,3-16,25H2,1-2H3. The molecule has 0 unspecified atom stereocenters. The van der Waals surface area contributed by atoms with Gasteiger partial charge in [0.2, 0.25) is 0 Å². The molecule has 0 aliphatic heterocycles. The first-order valence-corrected chi connectivity index (χ1v) is 12.7. The van der Waals surface area contributed by atoms with Crippen molar-refractivity contribution in [1.29, 1.82) is 0 Å². The summed E-state index contributed by atoms with van der Waals surface area (Å²) in [5, 5.41) is 0. The van der Waals surface area contributed by atoms with Crippen LogP contribution in [0.15, 0.2) is 48.5 Å². The summed E-state index contributed by atoms with van der Waals surface area (Å²) in [7, 11) is 0. The van der Waals surface area contributed by atoms with Gasteiger partial charge in [-0.25, -0.2) is 0 Å². The summed E-state index contributed by atoms with van der Waals surface area (Å²) in [6.45, 7) is 5.38. The van der Waals surface area contributed by atoms with Crippen molar-refractivity contribution >= 4 is 0 Å². The van der Waals surface area contributed by atoms with Crippen molar-refractivity contribution in [2.75, 3.05) is 6.61 Å². The van der Waals surface area contributed by atoms with E-state index in [9.17, 15) is 0 Å². The van der Waals surface area contributed by atoms with Gasteiger partial charge in [0, 0.05) is 0 Å². The van der Waals surface area contributed by atoms with Crippen LogP contribution in [0.25, 0.3) is 11.1 Å². The van der Waals surface area contributed by atoms with Gasteiger partial charge in [-0.05, 0) is 48.1 Å². The Hall–Kier alpha value is -1.76. The summed E-state index contributed by atoms with van der Waals surface area (Å²) in [4.78, 5) is 0. The molecule has 0 aliphatic carbocycles. The maximum Gasteiger partial charge on any atom is 0.119 e. The molecular weight excluding hydrogens is 364 g/mol. The Balaban J connectivity index is 1.58. The fourth-order valence-corrected chi connectivity index (χ4v) is 3.97. The summed E-state index contributed by atoms with van der Waals surface area (Å²) in [5.74, 6) is 0.992. The third-order valence-corrected chi connectivity index (χ3v) is 5.98. The first-order valence-electron chi connectivity index (χ1n) is 12.7. The molecular formula is C29H44O. The SMILES string of the molecule is CCCCCCCCCCCCOc1ccc(-c2ccc(CCCCC)cc2)cc1. The lowest BCUT2D eigenvalue weighted by Crippen LogP contribution is -1.97. The molecule has 0 bridgehead atoms. The molecule has 2 rings (SSSR count). The number of unbranched alkanes of at least 4 members (excludes halogenated alkanes) is 11. The van der Waals surface area contributed by atoms with Crippen LogP contribution >= 0.6 is 0 Å². The second-order valence-electron chi connectivity index (χ2n) is 8.71. The molecule has 0 aliphatic rings. The van der Waals surface area contributed by atoms with E-state index in [2.05, 4.69) is 62.4 Å². The maximum absolute atomic E-state index is 5.94. The first-order chi connectivity index (χ1) is 14.8. The third kappa shape index (κ3) is 10.3. The lowest BCUT2D eigenvalue weighted by molar-refractivity contribution is 0.304. The molecule has 0 N–H and O–H groups in total. The van der Waals surface area contributed by atoms with Gasteiger partial charge in [-0.15, -0.1) is 0 Å². The van der Waals surface area contributed by atoms with Crippen molar-refractivity contribution in [2.24, 2.45) is 0 Å². The Labute approximate surface area is 186 Å². The molecule has 0 heterocycles. The fraction of sp³-hybridized carbons (Fsp3) is 0.586. The molecule has 2 aromatic carbocycles. The zero-order valence-electron chi connectivity index (χ0n) is 19.6. The lowest BCUT2D eigenvalue weighted by Gasteiger charge is -2.08. The van der Waals surface area contributed by atoms with Crippen molar-refractivity contribution in [1.82, 2.24) is 0 Å². The summed E-state index contributed by atoms with van der Waals surface area (Å²) < 4.78 is 5.94. The van der Waals surface area contributed by atoms with Crippen LogP contribution < -0.4 is 4.74 Å². The summed E-state index contributed by atoms with van der Waals surface area (Å²) in [6.07, 6.45) is 18.7. The third-order valence-electron chi connectivity index (χ3n) is 5.98. The number of aryl methyl sites for hydroxylation is 1. The van der Waals surface area contributed by atoms with Crippen LogP contribution in [-0.4, -0.2) is 6.61 Å². The second-order valence-corrected chi connectivity index (χ2v) is 8.71. The summed E-state index contributed by atoms with van der Waals surface area (Å²) >= 11 is 0. The van der Waals surface area contributed by atoms with Gasteiger partial charge in [0.05, 0.1) is 6.61 Å². The highest BCUT2D eigenvalue weighted by Crippen LogP contribution is 2.23. The van der Waals surface area contributed by atoms with E-state index in [0.717, 1.165) is 18.8 Å². The average molecular weight is 409 g/mol. The molecule has 0 saturated carbocycles. The molecule has 1 nitrogen and oxygen atoms in total. The van der Waals surface area contributed by atoms with Crippen LogP contribution in [0, 0.1) is 0 Å². The van der Waals surface area contributed by atoms with Crippen LogP contribution in [0.5, 0.6) is 5.75 Å². The Morgan fingerprint density at radius 2 is 0.967 bits per heavy atom. The predicted molar refractivity (Wildman–Crippen MR) is 132 cm³/mol. The quantitative estimate of drug-likeness (QED) is 0.237. The van der Waals surface area contributed by atoms with Gasteiger partial charge in [0.25, 0.3) is 0 Å². The molecule has 0 aromatic heterocycles. The Morgan fingerprint density at radius 1 is 0.500 bits per heavy atom. The average Bonchev–Trinajstić information content (AvgIpc) is 2.79. The summed E-state index contributed by atoms with van der Waals surface area (Å²) in [6, 6.07) is 17.6. The predicted octanol–water partition coefficient (Wildman–Crippen LogP) is 9.39. The minimum atomic E-state index is 0.836. The number of rotatable bonds is 17. The second kappa shape index (κ2) is 16.0. The van der Waals surface area contributed by atoms with Crippen LogP contribution in [0.1, 0.15) is 103 Å². The van der Waals surface area contributed by atoms with Crippen molar-refractivity contribution in [3.05, 3.63) is 54.1 Å². The molecule has 0 saturated heterocycles. The lowest BCUT2D eigenvalue weighted by atomic mass is 10.0. The molecule has 2 aromatic rings. The van der Waals surface area contributed by atoms with Crippen molar-refractivity contribution in [3.63, 3.8) is 0 Å². The number of benzene rings is 2. The van der Waals surface area contributed by atoms with Gasteiger partial charge in [0.15, 0.2) is 0 Å². The van der Waals surface area contributed by atoms with E-state index in [1.807, 2.05) is 0 Å². The molecule has 0 radical (unpaired) electrons. The van der Waals surface area contributed by atoms with Gasteiger partial charge < -0.3 is 4.74 Å². The van der Waals surface area contributed by atoms with Gasteiger partial charge in [-0.1, -0.05) is 121 Å². The Kier molecular flexibility index (Phi) is 13.1. The monoisotopic (exact) mass is 408 g/mol. The zero-order chi connectivity index (χ0) is 21.3. The van der Waals surface area contributed by atoms with Gasteiger partial charge in [-0.3, -0.25) is 0 Å². The maximum atomic E-state index is 5.94. The van der Waals surface area contributed by atoms with Gasteiger partial charge >= 0.3 is 0 Å². The van der Waals surface area contributed by atoms with E-state index in [4.69, 9.17) is 4.74 Å². The topological polar surface area (TPSA) is 9.23 Å². The Morgan fingerprint density at radius 3 is 1.53 bits per heavy atom. The van der Waals surface area contributed by atoms with Crippen LogP contribution in [-0.2, 0) is 6.42 Å². The van der Waals surface area contributed by atoms with E-state index < -0.39 is 0 Å². The van der Waals surface area contributed by atoms with Crippen molar-refractivity contribution < 1.29 is 4.74 Å².